The van der Waals surface area contributed by atoms with Gasteiger partial charge in [-0.15, -0.1) is 11.3 Å². The number of carbonyl (C=O) groups excluding carboxylic acids is 2. The Hall–Kier alpha value is -2.41. The van der Waals surface area contributed by atoms with E-state index in [1.165, 1.54) is 10.9 Å². The highest BCUT2D eigenvalue weighted by Gasteiger charge is 2.33. The molecule has 0 aliphatic carbocycles. The van der Waals surface area contributed by atoms with Crippen molar-refractivity contribution in [3.05, 3.63) is 52.0 Å². The van der Waals surface area contributed by atoms with E-state index >= 15 is 0 Å². The van der Waals surface area contributed by atoms with Gasteiger partial charge in [-0.1, -0.05) is 26.0 Å². The molecule has 0 N–H and O–H groups in total. The fraction of sp³-hybridized carbons (Fsp3) is 0.455. The summed E-state index contributed by atoms with van der Waals surface area (Å²) < 4.78 is 19.7. The van der Waals surface area contributed by atoms with Crippen molar-refractivity contribution in [2.45, 2.75) is 39.2 Å². The van der Waals surface area contributed by atoms with Crippen LogP contribution in [0.2, 0.25) is 0 Å². The van der Waals surface area contributed by atoms with Crippen molar-refractivity contribution in [3.8, 4) is 5.75 Å². The molecule has 2 aromatic rings. The number of nitrogens with zero attached hydrogens (tertiary/aromatic N) is 2. The zero-order chi connectivity index (χ0) is 20.8. The lowest BCUT2D eigenvalue weighted by molar-refractivity contribution is -0.142. The molecule has 0 saturated heterocycles. The maximum absolute atomic E-state index is 14.0. The first-order chi connectivity index (χ1) is 14.0. The Bertz CT molecular complexity index is 854. The second-order valence-electron chi connectivity index (χ2n) is 7.06. The average molecular weight is 419 g/mol. The van der Waals surface area contributed by atoms with Crippen LogP contribution in [-0.2, 0) is 16.0 Å². The summed E-state index contributed by atoms with van der Waals surface area (Å²) in [5.74, 6) is -0.364. The number of carbonyl (C=O) groups is 2. The Morgan fingerprint density at radius 2 is 2.07 bits per heavy atom. The van der Waals surface area contributed by atoms with Crippen molar-refractivity contribution in [2.24, 2.45) is 0 Å². The lowest BCUT2D eigenvalue weighted by atomic mass is 10.0. The number of benzene rings is 1. The number of halogens is 1. The number of amides is 2. The Kier molecular flexibility index (Phi) is 7.25. The Morgan fingerprint density at radius 3 is 2.79 bits per heavy atom. The molecule has 1 atom stereocenters. The van der Waals surface area contributed by atoms with E-state index in [9.17, 15) is 14.0 Å². The minimum atomic E-state index is -0.422. The van der Waals surface area contributed by atoms with Crippen molar-refractivity contribution in [3.63, 3.8) is 0 Å². The summed E-state index contributed by atoms with van der Waals surface area (Å²) in [7, 11) is 0. The number of hydrogen-bond donors (Lipinski definition) is 0. The van der Waals surface area contributed by atoms with E-state index in [0.29, 0.717) is 19.5 Å². The van der Waals surface area contributed by atoms with Crippen molar-refractivity contribution in [2.75, 3.05) is 26.2 Å². The molecule has 3 rings (SSSR count). The predicted octanol–water partition coefficient (Wildman–Crippen LogP) is 4.04. The van der Waals surface area contributed by atoms with Crippen LogP contribution in [0.5, 0.6) is 5.75 Å². The molecule has 0 fully saturated rings. The molecular formula is C22H27FN2O3S. The molecule has 1 aromatic heterocycles. The SMILES string of the molecule is CCCN(CC(=O)N1CCc2sccc2[C@@H]1COc1ccccc1F)C(=O)CC. The van der Waals surface area contributed by atoms with Gasteiger partial charge in [0.1, 0.15) is 6.61 Å². The van der Waals surface area contributed by atoms with Gasteiger partial charge in [0.2, 0.25) is 11.8 Å². The van der Waals surface area contributed by atoms with Gasteiger partial charge in [0.15, 0.2) is 11.6 Å². The fourth-order valence-corrected chi connectivity index (χ4v) is 4.57. The predicted molar refractivity (Wildman–Crippen MR) is 112 cm³/mol. The maximum atomic E-state index is 14.0. The van der Waals surface area contributed by atoms with Gasteiger partial charge in [0.05, 0.1) is 12.6 Å². The number of fused-ring (bicyclic) bond motifs is 1. The van der Waals surface area contributed by atoms with Crippen LogP contribution in [0.3, 0.4) is 0 Å². The van der Waals surface area contributed by atoms with Crippen LogP contribution in [0.25, 0.3) is 0 Å². The van der Waals surface area contributed by atoms with Crippen LogP contribution in [-0.4, -0.2) is 47.9 Å². The first-order valence-corrected chi connectivity index (χ1v) is 10.9. The molecule has 0 radical (unpaired) electrons. The molecule has 1 aliphatic heterocycles. The normalized spacial score (nSPS) is 15.7. The molecular weight excluding hydrogens is 391 g/mol. The fourth-order valence-electron chi connectivity index (χ4n) is 3.64. The van der Waals surface area contributed by atoms with Crippen molar-refractivity contribution < 1.29 is 18.7 Å². The largest absolute Gasteiger partial charge is 0.488 e. The summed E-state index contributed by atoms with van der Waals surface area (Å²) in [6.45, 7) is 5.16. The van der Waals surface area contributed by atoms with Crippen LogP contribution >= 0.6 is 11.3 Å². The van der Waals surface area contributed by atoms with Gasteiger partial charge in [-0.05, 0) is 42.0 Å². The second kappa shape index (κ2) is 9.87. The number of hydrogen-bond acceptors (Lipinski definition) is 4. The standard InChI is InChI=1S/C22H27FN2O3S/c1-3-11-24(21(26)4-2)14-22(27)25-12-9-20-16(10-13-29-20)18(25)15-28-19-8-6-5-7-17(19)23/h5-8,10,13,18H,3-4,9,11-12,14-15H2,1-2H3/t18-/m0/s1. The Balaban J connectivity index is 1.77. The van der Waals surface area contributed by atoms with Crippen LogP contribution in [0.1, 0.15) is 43.2 Å². The second-order valence-corrected chi connectivity index (χ2v) is 8.06. The van der Waals surface area contributed by atoms with Crippen molar-refractivity contribution >= 4 is 23.2 Å². The highest BCUT2D eigenvalue weighted by atomic mass is 32.1. The number of thiophene rings is 1. The van der Waals surface area contributed by atoms with E-state index in [4.69, 9.17) is 4.74 Å². The molecule has 1 aromatic carbocycles. The van der Waals surface area contributed by atoms with Crippen LogP contribution in [0, 0.1) is 5.82 Å². The third kappa shape index (κ3) is 4.96. The molecule has 29 heavy (non-hydrogen) atoms. The minimum Gasteiger partial charge on any atom is -0.488 e. The number of para-hydroxylation sites is 1. The highest BCUT2D eigenvalue weighted by Crippen LogP contribution is 2.34. The third-order valence-electron chi connectivity index (χ3n) is 5.12. The minimum absolute atomic E-state index is 0.0208. The first-order valence-electron chi connectivity index (χ1n) is 10.1. The average Bonchev–Trinajstić information content (AvgIpc) is 3.21. The molecule has 0 unspecified atom stereocenters. The summed E-state index contributed by atoms with van der Waals surface area (Å²) in [6, 6.07) is 7.99. The third-order valence-corrected chi connectivity index (χ3v) is 6.12. The highest BCUT2D eigenvalue weighted by molar-refractivity contribution is 7.10. The lowest BCUT2D eigenvalue weighted by Crippen LogP contribution is -2.47. The summed E-state index contributed by atoms with van der Waals surface area (Å²) in [5.41, 5.74) is 1.05. The Labute approximate surface area is 175 Å². The van der Waals surface area contributed by atoms with E-state index in [1.54, 1.807) is 46.3 Å². The van der Waals surface area contributed by atoms with Crippen LogP contribution < -0.4 is 4.74 Å². The first kappa shape index (κ1) is 21.3. The van der Waals surface area contributed by atoms with E-state index < -0.39 is 5.82 Å². The molecule has 0 saturated carbocycles. The van der Waals surface area contributed by atoms with Gasteiger partial charge in [-0.3, -0.25) is 9.59 Å². The van der Waals surface area contributed by atoms with Crippen molar-refractivity contribution in [1.29, 1.82) is 0 Å². The van der Waals surface area contributed by atoms with Gasteiger partial charge in [0, 0.05) is 24.4 Å². The molecule has 0 spiro atoms. The molecule has 1 aliphatic rings. The van der Waals surface area contributed by atoms with Gasteiger partial charge in [-0.2, -0.15) is 0 Å². The van der Waals surface area contributed by atoms with Crippen molar-refractivity contribution in [1.82, 2.24) is 9.80 Å². The topological polar surface area (TPSA) is 49.9 Å². The monoisotopic (exact) mass is 418 g/mol. The van der Waals surface area contributed by atoms with E-state index in [-0.39, 0.29) is 36.8 Å². The van der Waals surface area contributed by atoms with E-state index in [2.05, 4.69) is 0 Å². The summed E-state index contributed by atoms with van der Waals surface area (Å²) in [6.07, 6.45) is 1.96. The quantitative estimate of drug-likeness (QED) is 0.650. The summed E-state index contributed by atoms with van der Waals surface area (Å²) in [4.78, 5) is 30.0. The van der Waals surface area contributed by atoms with Crippen LogP contribution in [0.4, 0.5) is 4.39 Å². The Morgan fingerprint density at radius 1 is 1.28 bits per heavy atom. The zero-order valence-corrected chi connectivity index (χ0v) is 17.7. The molecule has 5 nitrogen and oxygen atoms in total. The molecule has 2 amide bonds. The maximum Gasteiger partial charge on any atom is 0.242 e. The lowest BCUT2D eigenvalue weighted by Gasteiger charge is -2.37. The summed E-state index contributed by atoms with van der Waals surface area (Å²) in [5, 5.41) is 2.01. The molecule has 7 heteroatoms. The molecule has 156 valence electrons. The van der Waals surface area contributed by atoms with Gasteiger partial charge in [-0.25, -0.2) is 4.39 Å². The summed E-state index contributed by atoms with van der Waals surface area (Å²) >= 11 is 1.67. The molecule has 2 heterocycles. The number of rotatable bonds is 8. The van der Waals surface area contributed by atoms with E-state index in [1.807, 2.05) is 18.4 Å². The van der Waals surface area contributed by atoms with Gasteiger partial charge in [0.25, 0.3) is 0 Å². The number of ether oxygens (including phenoxy) is 1. The van der Waals surface area contributed by atoms with Crippen LogP contribution in [0.15, 0.2) is 35.7 Å². The van der Waals surface area contributed by atoms with Gasteiger partial charge >= 0.3 is 0 Å². The zero-order valence-electron chi connectivity index (χ0n) is 16.9. The van der Waals surface area contributed by atoms with Gasteiger partial charge < -0.3 is 14.5 Å². The molecule has 0 bridgehead atoms. The smallest absolute Gasteiger partial charge is 0.242 e. The van der Waals surface area contributed by atoms with E-state index in [0.717, 1.165) is 18.4 Å².